The summed E-state index contributed by atoms with van der Waals surface area (Å²) in [5.74, 6) is -1.94. The highest BCUT2D eigenvalue weighted by Gasteiger charge is 2.22. The van der Waals surface area contributed by atoms with Crippen LogP contribution in [0.25, 0.3) is 0 Å². The Kier molecular flexibility index (Phi) is 9.18. The average molecular weight is 428 g/mol. The number of halogens is 3. The maximum absolute atomic E-state index is 13.5. The lowest BCUT2D eigenvalue weighted by atomic mass is 10.1. The summed E-state index contributed by atoms with van der Waals surface area (Å²) in [6.07, 6.45) is 0. The van der Waals surface area contributed by atoms with Crippen LogP contribution in [0.15, 0.2) is 53.4 Å². The van der Waals surface area contributed by atoms with Crippen LogP contribution in [0.1, 0.15) is 10.8 Å². The summed E-state index contributed by atoms with van der Waals surface area (Å²) in [6.45, 7) is 5.23. The molecular formula is C20H24ClF2N3OS. The number of piperazine rings is 1. The Morgan fingerprint density at radius 2 is 1.82 bits per heavy atom. The van der Waals surface area contributed by atoms with Gasteiger partial charge in [-0.25, -0.2) is 8.78 Å². The van der Waals surface area contributed by atoms with Crippen LogP contribution in [0.3, 0.4) is 0 Å². The van der Waals surface area contributed by atoms with Crippen molar-refractivity contribution in [2.24, 2.45) is 0 Å². The highest BCUT2D eigenvalue weighted by Crippen LogP contribution is 2.35. The van der Waals surface area contributed by atoms with Gasteiger partial charge in [0.15, 0.2) is 11.6 Å². The molecule has 0 aliphatic carbocycles. The molecule has 1 heterocycles. The number of thioether (sulfide) groups is 1. The van der Waals surface area contributed by atoms with Crippen molar-refractivity contribution < 1.29 is 13.6 Å². The highest BCUT2D eigenvalue weighted by atomic mass is 35.5. The predicted octanol–water partition coefficient (Wildman–Crippen LogP) is 3.24. The monoisotopic (exact) mass is 427 g/mol. The van der Waals surface area contributed by atoms with Crippen molar-refractivity contribution in [2.75, 3.05) is 39.3 Å². The molecule has 2 N–H and O–H groups in total. The van der Waals surface area contributed by atoms with Crippen molar-refractivity contribution in [3.05, 3.63) is 65.7 Å². The number of hydrogen-bond acceptors (Lipinski definition) is 4. The fourth-order valence-corrected chi connectivity index (χ4v) is 4.03. The van der Waals surface area contributed by atoms with E-state index in [9.17, 15) is 13.6 Å². The Morgan fingerprint density at radius 3 is 2.50 bits per heavy atom. The fourth-order valence-electron chi connectivity index (χ4n) is 2.95. The molecular weight excluding hydrogens is 404 g/mol. The number of amides is 1. The van der Waals surface area contributed by atoms with Crippen molar-refractivity contribution in [2.45, 2.75) is 10.1 Å². The second-order valence-electron chi connectivity index (χ2n) is 6.37. The molecule has 8 heteroatoms. The molecule has 2 aromatic carbocycles. The predicted molar refractivity (Wildman–Crippen MR) is 111 cm³/mol. The minimum atomic E-state index is -0.911. The molecule has 0 saturated carbocycles. The van der Waals surface area contributed by atoms with Crippen LogP contribution < -0.4 is 10.6 Å². The summed E-state index contributed by atoms with van der Waals surface area (Å²) in [6, 6.07) is 13.1. The third-order valence-electron chi connectivity index (χ3n) is 4.42. The molecule has 1 fully saturated rings. The van der Waals surface area contributed by atoms with Gasteiger partial charge >= 0.3 is 0 Å². The zero-order valence-corrected chi connectivity index (χ0v) is 17.0. The lowest BCUT2D eigenvalue weighted by Crippen LogP contribution is -2.46. The summed E-state index contributed by atoms with van der Waals surface area (Å²) >= 11 is 1.22. The maximum Gasteiger partial charge on any atom is 0.238 e. The van der Waals surface area contributed by atoms with Crippen LogP contribution in [0.2, 0.25) is 0 Å². The second kappa shape index (κ2) is 11.4. The highest BCUT2D eigenvalue weighted by molar-refractivity contribution is 8.00. The molecule has 152 valence electrons. The maximum atomic E-state index is 13.5. The van der Waals surface area contributed by atoms with Gasteiger partial charge in [-0.2, -0.15) is 0 Å². The molecule has 3 rings (SSSR count). The minimum absolute atomic E-state index is 0. The average Bonchev–Trinajstić information content (AvgIpc) is 2.70. The molecule has 2 aromatic rings. The van der Waals surface area contributed by atoms with Crippen molar-refractivity contribution in [3.8, 4) is 0 Å². The van der Waals surface area contributed by atoms with E-state index in [4.69, 9.17) is 0 Å². The molecule has 1 amide bonds. The van der Waals surface area contributed by atoms with Crippen molar-refractivity contribution >= 4 is 30.1 Å². The fraction of sp³-hybridized carbons (Fsp3) is 0.350. The van der Waals surface area contributed by atoms with Crippen LogP contribution in [0, 0.1) is 11.6 Å². The molecule has 1 unspecified atom stereocenters. The van der Waals surface area contributed by atoms with Gasteiger partial charge in [-0.1, -0.05) is 30.3 Å². The van der Waals surface area contributed by atoms with E-state index in [0.717, 1.165) is 50.4 Å². The lowest BCUT2D eigenvalue weighted by molar-refractivity contribution is -0.120. The van der Waals surface area contributed by atoms with E-state index in [1.54, 1.807) is 0 Å². The first-order valence-corrected chi connectivity index (χ1v) is 9.89. The van der Waals surface area contributed by atoms with E-state index in [-0.39, 0.29) is 18.3 Å². The second-order valence-corrected chi connectivity index (χ2v) is 7.55. The van der Waals surface area contributed by atoms with Crippen LogP contribution in [0.5, 0.6) is 0 Å². The van der Waals surface area contributed by atoms with E-state index >= 15 is 0 Å². The Labute approximate surface area is 174 Å². The summed E-state index contributed by atoms with van der Waals surface area (Å²) in [4.78, 5) is 15.6. The molecule has 0 spiro atoms. The van der Waals surface area contributed by atoms with Crippen LogP contribution in [-0.2, 0) is 4.79 Å². The zero-order chi connectivity index (χ0) is 19.1. The Morgan fingerprint density at radius 1 is 1.11 bits per heavy atom. The molecule has 1 atom stereocenters. The number of rotatable bonds is 7. The van der Waals surface area contributed by atoms with Crippen molar-refractivity contribution in [3.63, 3.8) is 0 Å². The summed E-state index contributed by atoms with van der Waals surface area (Å²) in [7, 11) is 0. The Hall–Kier alpha value is -1.67. The summed E-state index contributed by atoms with van der Waals surface area (Å²) in [5.41, 5.74) is 0.826. The van der Waals surface area contributed by atoms with E-state index in [0.29, 0.717) is 11.4 Å². The number of nitrogens with zero attached hydrogens (tertiary/aromatic N) is 1. The number of benzene rings is 2. The molecule has 0 aromatic heterocycles. The SMILES string of the molecule is Cl.O=C(NCCN1CCNCC1)C(Sc1ccc(F)c(F)c1)c1ccccc1. The van der Waals surface area contributed by atoms with Gasteiger partial charge in [0.25, 0.3) is 0 Å². The third kappa shape index (κ3) is 6.44. The third-order valence-corrected chi connectivity index (χ3v) is 5.67. The first-order valence-electron chi connectivity index (χ1n) is 9.01. The normalized spacial score (nSPS) is 15.5. The smallest absolute Gasteiger partial charge is 0.238 e. The number of carbonyl (C=O) groups excluding carboxylic acids is 1. The van der Waals surface area contributed by atoms with Gasteiger partial charge in [-0.15, -0.1) is 24.2 Å². The van der Waals surface area contributed by atoms with Crippen LogP contribution >= 0.6 is 24.2 Å². The van der Waals surface area contributed by atoms with Crippen molar-refractivity contribution in [1.29, 1.82) is 0 Å². The standard InChI is InChI=1S/C20H23F2N3OS.ClH/c21-17-7-6-16(14-18(17)22)27-19(15-4-2-1-3-5-15)20(26)24-10-13-25-11-8-23-9-12-25;/h1-7,14,19,23H,8-13H2,(H,24,26);1H. The van der Waals surface area contributed by atoms with E-state index < -0.39 is 16.9 Å². The van der Waals surface area contributed by atoms with E-state index in [1.807, 2.05) is 30.3 Å². The molecule has 1 aliphatic heterocycles. The molecule has 1 saturated heterocycles. The zero-order valence-electron chi connectivity index (χ0n) is 15.4. The minimum Gasteiger partial charge on any atom is -0.354 e. The van der Waals surface area contributed by atoms with Crippen LogP contribution in [-0.4, -0.2) is 50.1 Å². The van der Waals surface area contributed by atoms with Gasteiger partial charge in [0.05, 0.1) is 0 Å². The van der Waals surface area contributed by atoms with Gasteiger partial charge in [0.1, 0.15) is 5.25 Å². The molecule has 0 radical (unpaired) electrons. The summed E-state index contributed by atoms with van der Waals surface area (Å²) in [5, 5.41) is 5.76. The largest absolute Gasteiger partial charge is 0.354 e. The first kappa shape index (κ1) is 22.6. The summed E-state index contributed by atoms with van der Waals surface area (Å²) < 4.78 is 26.7. The van der Waals surface area contributed by atoms with E-state index in [1.165, 1.54) is 17.8 Å². The van der Waals surface area contributed by atoms with Crippen molar-refractivity contribution in [1.82, 2.24) is 15.5 Å². The Bertz CT molecular complexity index is 760. The number of hydrogen-bond donors (Lipinski definition) is 2. The van der Waals surface area contributed by atoms with Gasteiger partial charge in [-0.3, -0.25) is 9.69 Å². The molecule has 4 nitrogen and oxygen atoms in total. The van der Waals surface area contributed by atoms with Crippen LogP contribution in [0.4, 0.5) is 8.78 Å². The first-order chi connectivity index (χ1) is 13.1. The van der Waals surface area contributed by atoms with Gasteiger partial charge in [-0.05, 0) is 23.8 Å². The van der Waals surface area contributed by atoms with Gasteiger partial charge in [0.2, 0.25) is 5.91 Å². The molecule has 0 bridgehead atoms. The van der Waals surface area contributed by atoms with Gasteiger partial charge in [0, 0.05) is 44.2 Å². The lowest BCUT2D eigenvalue weighted by Gasteiger charge is -2.27. The van der Waals surface area contributed by atoms with E-state index in [2.05, 4.69) is 15.5 Å². The number of nitrogens with one attached hydrogen (secondary N) is 2. The van der Waals surface area contributed by atoms with Gasteiger partial charge < -0.3 is 10.6 Å². The molecule has 1 aliphatic rings. The quantitative estimate of drug-likeness (QED) is 0.666. The topological polar surface area (TPSA) is 44.4 Å². The molecule has 28 heavy (non-hydrogen) atoms. The number of carbonyl (C=O) groups is 1. The Balaban J connectivity index is 0.00000280.